The number of amides is 2. The number of nitrogens with two attached hydrogens (primary N) is 1. The van der Waals surface area contributed by atoms with Crippen LogP contribution in [0.1, 0.15) is 124 Å². The molecule has 13 heteroatoms. The van der Waals surface area contributed by atoms with Gasteiger partial charge in [-0.25, -0.2) is 0 Å². The van der Waals surface area contributed by atoms with E-state index in [1.807, 2.05) is 20.8 Å². The fourth-order valence-electron chi connectivity index (χ4n) is 4.95. The first-order chi connectivity index (χ1) is 24.7. The van der Waals surface area contributed by atoms with E-state index in [9.17, 15) is 14.4 Å². The number of unbranched alkanes of at least 4 members (excludes halogenated alkanes) is 13. The van der Waals surface area contributed by atoms with Crippen molar-refractivity contribution < 1.29 is 47.5 Å². The van der Waals surface area contributed by atoms with Crippen LogP contribution >= 0.6 is 0 Å². The third-order valence-electron chi connectivity index (χ3n) is 7.58. The number of carbonyl (C=O) groups excluding carboxylic acids is 3. The van der Waals surface area contributed by atoms with Crippen molar-refractivity contribution in [2.24, 2.45) is 5.73 Å². The predicted molar refractivity (Wildman–Crippen MR) is 200 cm³/mol. The molecule has 0 unspecified atom stereocenters. The van der Waals surface area contributed by atoms with Crippen LogP contribution < -0.4 is 16.4 Å². The Bertz CT molecular complexity index is 798. The summed E-state index contributed by atoms with van der Waals surface area (Å²) in [6.45, 7) is 12.1. The minimum absolute atomic E-state index is 0.00174. The molecular formula is C38H75N3O10. The van der Waals surface area contributed by atoms with E-state index in [2.05, 4.69) is 10.6 Å². The first-order valence-corrected chi connectivity index (χ1v) is 19.7. The van der Waals surface area contributed by atoms with Crippen LogP contribution in [0.3, 0.4) is 0 Å². The maximum Gasteiger partial charge on any atom is 0.306 e. The van der Waals surface area contributed by atoms with Crippen LogP contribution in [0, 0.1) is 0 Å². The summed E-state index contributed by atoms with van der Waals surface area (Å²) >= 11 is 0. The summed E-state index contributed by atoms with van der Waals surface area (Å²) < 4.78 is 37.8. The van der Waals surface area contributed by atoms with Gasteiger partial charge in [-0.3, -0.25) is 14.4 Å². The Morgan fingerprint density at radius 1 is 0.451 bits per heavy atom. The van der Waals surface area contributed by atoms with E-state index in [1.54, 1.807) is 0 Å². The van der Waals surface area contributed by atoms with Crippen LogP contribution in [0.4, 0.5) is 0 Å². The topological polar surface area (TPSA) is 166 Å². The standard InChI is InChI=1S/C38H75N3O10/c1-38(2,3)51-37(44)19-17-15-13-11-9-7-5-4-6-8-10-12-14-16-18-35(42)41-22-23-45-24-25-46-26-27-47-28-29-48-30-31-49-32-33-50-34-36(43)40-21-20-39/h4-34,39H2,1-3H3,(H,40,43)(H,41,42). The fraction of sp³-hybridized carbons (Fsp3) is 0.921. The van der Waals surface area contributed by atoms with Crippen LogP contribution in [0.25, 0.3) is 0 Å². The van der Waals surface area contributed by atoms with E-state index >= 15 is 0 Å². The molecular weight excluding hydrogens is 658 g/mol. The minimum atomic E-state index is -0.380. The summed E-state index contributed by atoms with van der Waals surface area (Å²) in [4.78, 5) is 35.0. The van der Waals surface area contributed by atoms with Crippen molar-refractivity contribution in [1.29, 1.82) is 0 Å². The highest BCUT2D eigenvalue weighted by atomic mass is 16.6. The number of esters is 1. The molecule has 0 heterocycles. The Morgan fingerprint density at radius 2 is 0.804 bits per heavy atom. The molecule has 2 amide bonds. The second kappa shape index (κ2) is 37.9. The Labute approximate surface area is 309 Å². The van der Waals surface area contributed by atoms with E-state index in [0.717, 1.165) is 25.7 Å². The van der Waals surface area contributed by atoms with Gasteiger partial charge in [0.15, 0.2) is 0 Å². The van der Waals surface area contributed by atoms with Gasteiger partial charge in [-0.1, -0.05) is 77.0 Å². The Morgan fingerprint density at radius 3 is 1.22 bits per heavy atom. The maximum absolute atomic E-state index is 12.0. The van der Waals surface area contributed by atoms with E-state index in [1.165, 1.54) is 64.2 Å². The lowest BCUT2D eigenvalue weighted by molar-refractivity contribution is -0.155. The van der Waals surface area contributed by atoms with Crippen molar-refractivity contribution in [1.82, 2.24) is 10.6 Å². The SMILES string of the molecule is CC(C)(C)OC(=O)CCCCCCCCCCCCCCCCC(=O)NCCOCCOCCOCCOCCOCCOCC(=O)NCCN. The molecule has 0 aliphatic heterocycles. The van der Waals surface area contributed by atoms with Crippen molar-refractivity contribution in [2.45, 2.75) is 129 Å². The lowest BCUT2D eigenvalue weighted by atomic mass is 10.0. The summed E-state index contributed by atoms with van der Waals surface area (Å²) in [6, 6.07) is 0. The van der Waals surface area contributed by atoms with Crippen LogP contribution in [0.2, 0.25) is 0 Å². The molecule has 0 radical (unpaired) electrons. The lowest BCUT2D eigenvalue weighted by Gasteiger charge is -2.19. The highest BCUT2D eigenvalue weighted by Gasteiger charge is 2.15. The highest BCUT2D eigenvalue weighted by Crippen LogP contribution is 2.15. The molecule has 302 valence electrons. The number of nitrogens with one attached hydrogen (secondary N) is 2. The molecule has 4 N–H and O–H groups in total. The minimum Gasteiger partial charge on any atom is -0.460 e. The van der Waals surface area contributed by atoms with E-state index in [4.69, 9.17) is 38.9 Å². The zero-order chi connectivity index (χ0) is 37.5. The van der Waals surface area contributed by atoms with Gasteiger partial charge in [0, 0.05) is 32.5 Å². The van der Waals surface area contributed by atoms with Gasteiger partial charge in [0.25, 0.3) is 0 Å². The molecule has 0 aromatic rings. The van der Waals surface area contributed by atoms with Crippen LogP contribution in [0.5, 0.6) is 0 Å². The molecule has 0 saturated heterocycles. The van der Waals surface area contributed by atoms with Crippen molar-refractivity contribution in [3.05, 3.63) is 0 Å². The first kappa shape index (κ1) is 49.1. The third kappa shape index (κ3) is 42.4. The summed E-state index contributed by atoms with van der Waals surface area (Å²) in [5, 5.41) is 5.55. The molecule has 0 bridgehead atoms. The molecule has 51 heavy (non-hydrogen) atoms. The van der Waals surface area contributed by atoms with Gasteiger partial charge in [0.1, 0.15) is 12.2 Å². The fourth-order valence-corrected chi connectivity index (χ4v) is 4.95. The summed E-state index contributed by atoms with van der Waals surface area (Å²) in [5.74, 6) is -0.166. The molecule has 0 aliphatic rings. The van der Waals surface area contributed by atoms with Gasteiger partial charge in [-0.2, -0.15) is 0 Å². The molecule has 0 aromatic heterocycles. The average Bonchev–Trinajstić information content (AvgIpc) is 3.08. The third-order valence-corrected chi connectivity index (χ3v) is 7.58. The van der Waals surface area contributed by atoms with Crippen LogP contribution in [-0.4, -0.2) is 122 Å². The van der Waals surface area contributed by atoms with Crippen molar-refractivity contribution in [2.75, 3.05) is 98.9 Å². The molecule has 0 rings (SSSR count). The molecule has 0 aromatic carbocycles. The molecule has 13 nitrogen and oxygen atoms in total. The largest absolute Gasteiger partial charge is 0.460 e. The average molecular weight is 734 g/mol. The number of rotatable bonds is 39. The van der Waals surface area contributed by atoms with E-state index in [0.29, 0.717) is 105 Å². The molecule has 0 atom stereocenters. The summed E-state index contributed by atoms with van der Waals surface area (Å²) in [6.07, 6.45) is 18.0. The molecule has 0 aliphatic carbocycles. The Balaban J connectivity index is 3.21. The summed E-state index contributed by atoms with van der Waals surface area (Å²) in [5.41, 5.74) is 4.93. The van der Waals surface area contributed by atoms with Crippen molar-refractivity contribution in [3.63, 3.8) is 0 Å². The maximum atomic E-state index is 12.0. The second-order valence-corrected chi connectivity index (χ2v) is 13.6. The zero-order valence-electron chi connectivity index (χ0n) is 32.6. The highest BCUT2D eigenvalue weighted by molar-refractivity contribution is 5.77. The van der Waals surface area contributed by atoms with E-state index < -0.39 is 0 Å². The first-order valence-electron chi connectivity index (χ1n) is 19.7. The van der Waals surface area contributed by atoms with Gasteiger partial charge < -0.3 is 49.5 Å². The van der Waals surface area contributed by atoms with Crippen LogP contribution in [0.15, 0.2) is 0 Å². The lowest BCUT2D eigenvalue weighted by Crippen LogP contribution is -2.32. The molecule has 0 saturated carbocycles. The Kier molecular flexibility index (Phi) is 36.5. The predicted octanol–water partition coefficient (Wildman–Crippen LogP) is 4.86. The number of hydrogen-bond acceptors (Lipinski definition) is 11. The van der Waals surface area contributed by atoms with E-state index in [-0.39, 0.29) is 30.0 Å². The molecule has 0 spiro atoms. The summed E-state index contributed by atoms with van der Waals surface area (Å²) in [7, 11) is 0. The monoisotopic (exact) mass is 734 g/mol. The zero-order valence-corrected chi connectivity index (χ0v) is 32.6. The van der Waals surface area contributed by atoms with Gasteiger partial charge in [0.05, 0.1) is 72.7 Å². The number of ether oxygens (including phenoxy) is 7. The second-order valence-electron chi connectivity index (χ2n) is 13.6. The smallest absolute Gasteiger partial charge is 0.306 e. The van der Waals surface area contributed by atoms with Crippen molar-refractivity contribution >= 4 is 17.8 Å². The van der Waals surface area contributed by atoms with Crippen molar-refractivity contribution in [3.8, 4) is 0 Å². The quantitative estimate of drug-likeness (QED) is 0.0584. The van der Waals surface area contributed by atoms with Crippen LogP contribution in [-0.2, 0) is 47.5 Å². The Hall–Kier alpha value is -1.87. The van der Waals surface area contributed by atoms with Gasteiger partial charge in [-0.15, -0.1) is 0 Å². The number of hydrogen-bond donors (Lipinski definition) is 3. The van der Waals surface area contributed by atoms with Gasteiger partial charge in [0.2, 0.25) is 11.8 Å². The molecule has 0 fully saturated rings. The van der Waals surface area contributed by atoms with Gasteiger partial charge in [-0.05, 0) is 33.6 Å². The van der Waals surface area contributed by atoms with Gasteiger partial charge >= 0.3 is 5.97 Å². The number of carbonyl (C=O) groups is 3. The normalized spacial score (nSPS) is 11.5.